The lowest BCUT2D eigenvalue weighted by molar-refractivity contribution is 0.316. The maximum absolute atomic E-state index is 3.44. The molecule has 2 rings (SSSR count). The van der Waals surface area contributed by atoms with Gasteiger partial charge in [-0.15, -0.1) is 0 Å². The van der Waals surface area contributed by atoms with Gasteiger partial charge in [-0.1, -0.05) is 18.2 Å². The number of benzene rings is 1. The fraction of sp³-hybridized carbons (Fsp3) is 0.333. The largest absolute Gasteiger partial charge is 0.357 e. The molecule has 2 nitrogen and oxygen atoms in total. The molecule has 0 unspecified atom stereocenters. The molecule has 1 N–H and O–H groups in total. The molecule has 1 atom stereocenters. The van der Waals surface area contributed by atoms with E-state index in [1.165, 1.54) is 16.6 Å². The third-order valence-corrected chi connectivity index (χ3v) is 2.78. The summed E-state index contributed by atoms with van der Waals surface area (Å²) in [5, 5.41) is 1.29. The summed E-state index contributed by atoms with van der Waals surface area (Å²) in [5.74, 6) is 0. The first-order valence-electron chi connectivity index (χ1n) is 4.92. The topological polar surface area (TPSA) is 19.0 Å². The molecule has 0 fully saturated rings. The van der Waals surface area contributed by atoms with E-state index in [-0.39, 0.29) is 0 Å². The SMILES string of the molecule is C[C@@H](c1cc2ccccc2[nH]1)N(C)C. The van der Waals surface area contributed by atoms with E-state index in [0.29, 0.717) is 6.04 Å². The van der Waals surface area contributed by atoms with Gasteiger partial charge < -0.3 is 9.88 Å². The van der Waals surface area contributed by atoms with E-state index in [4.69, 9.17) is 0 Å². The molecule has 0 aliphatic rings. The van der Waals surface area contributed by atoms with E-state index in [9.17, 15) is 0 Å². The third kappa shape index (κ3) is 1.53. The van der Waals surface area contributed by atoms with Crippen LogP contribution in [0.2, 0.25) is 0 Å². The van der Waals surface area contributed by atoms with Gasteiger partial charge in [0.05, 0.1) is 0 Å². The number of aromatic nitrogens is 1. The summed E-state index contributed by atoms with van der Waals surface area (Å²) in [6.07, 6.45) is 0. The van der Waals surface area contributed by atoms with Crippen molar-refractivity contribution in [3.8, 4) is 0 Å². The smallest absolute Gasteiger partial charge is 0.0464 e. The number of nitrogens with one attached hydrogen (secondary N) is 1. The third-order valence-electron chi connectivity index (χ3n) is 2.78. The Bertz CT molecular complexity index is 396. The van der Waals surface area contributed by atoms with Crippen LogP contribution in [0.15, 0.2) is 30.3 Å². The Morgan fingerprint density at radius 1 is 1.21 bits per heavy atom. The molecule has 0 bridgehead atoms. The van der Waals surface area contributed by atoms with Crippen LogP contribution >= 0.6 is 0 Å². The van der Waals surface area contributed by atoms with Gasteiger partial charge in [-0.3, -0.25) is 0 Å². The minimum Gasteiger partial charge on any atom is -0.357 e. The number of rotatable bonds is 2. The zero-order valence-electron chi connectivity index (χ0n) is 8.91. The molecular weight excluding hydrogens is 172 g/mol. The fourth-order valence-corrected chi connectivity index (χ4v) is 1.60. The zero-order valence-corrected chi connectivity index (χ0v) is 8.91. The van der Waals surface area contributed by atoms with E-state index in [1.807, 2.05) is 0 Å². The van der Waals surface area contributed by atoms with Gasteiger partial charge >= 0.3 is 0 Å². The highest BCUT2D eigenvalue weighted by molar-refractivity contribution is 5.80. The van der Waals surface area contributed by atoms with E-state index in [0.717, 1.165) is 0 Å². The number of hydrogen-bond acceptors (Lipinski definition) is 1. The van der Waals surface area contributed by atoms with Gasteiger partial charge in [0.1, 0.15) is 0 Å². The summed E-state index contributed by atoms with van der Waals surface area (Å²) in [6, 6.07) is 11.0. The molecule has 0 saturated heterocycles. The molecular formula is C12H16N2. The standard InChI is InChI=1S/C12H16N2/c1-9(14(2)3)12-8-10-6-4-5-7-11(10)13-12/h4-9,13H,1-3H3/t9-/m0/s1. The highest BCUT2D eigenvalue weighted by atomic mass is 15.1. The van der Waals surface area contributed by atoms with Crippen molar-refractivity contribution in [2.45, 2.75) is 13.0 Å². The van der Waals surface area contributed by atoms with E-state index in [1.54, 1.807) is 0 Å². The Hall–Kier alpha value is -1.28. The molecule has 0 saturated carbocycles. The second-order valence-electron chi connectivity index (χ2n) is 3.95. The summed E-state index contributed by atoms with van der Waals surface area (Å²) in [6.45, 7) is 2.20. The van der Waals surface area contributed by atoms with Gasteiger partial charge in [-0.05, 0) is 38.5 Å². The lowest BCUT2D eigenvalue weighted by Gasteiger charge is -2.17. The van der Waals surface area contributed by atoms with Gasteiger partial charge in [-0.2, -0.15) is 0 Å². The predicted octanol–water partition coefficient (Wildman–Crippen LogP) is 2.79. The van der Waals surface area contributed by atoms with Crippen LogP contribution in [0.1, 0.15) is 18.7 Å². The minimum atomic E-state index is 0.433. The Morgan fingerprint density at radius 2 is 1.93 bits per heavy atom. The zero-order chi connectivity index (χ0) is 10.1. The highest BCUT2D eigenvalue weighted by Crippen LogP contribution is 2.21. The molecule has 0 spiro atoms. The van der Waals surface area contributed by atoms with Crippen molar-refractivity contribution >= 4 is 10.9 Å². The van der Waals surface area contributed by atoms with Gasteiger partial charge in [0, 0.05) is 17.3 Å². The van der Waals surface area contributed by atoms with Crippen molar-refractivity contribution in [3.05, 3.63) is 36.0 Å². The van der Waals surface area contributed by atoms with Gasteiger partial charge in [0.2, 0.25) is 0 Å². The van der Waals surface area contributed by atoms with Crippen molar-refractivity contribution in [1.29, 1.82) is 0 Å². The summed E-state index contributed by atoms with van der Waals surface area (Å²) in [5.41, 5.74) is 2.49. The lowest BCUT2D eigenvalue weighted by Crippen LogP contribution is -2.16. The summed E-state index contributed by atoms with van der Waals surface area (Å²) in [4.78, 5) is 5.63. The maximum atomic E-state index is 3.44. The number of fused-ring (bicyclic) bond motifs is 1. The Labute approximate surface area is 84.5 Å². The predicted molar refractivity (Wildman–Crippen MR) is 60.4 cm³/mol. The Morgan fingerprint density at radius 3 is 2.57 bits per heavy atom. The van der Waals surface area contributed by atoms with Crippen molar-refractivity contribution in [1.82, 2.24) is 9.88 Å². The van der Waals surface area contributed by atoms with Crippen molar-refractivity contribution in [2.24, 2.45) is 0 Å². The molecule has 1 aromatic heterocycles. The first kappa shape index (κ1) is 9.28. The molecule has 2 heteroatoms. The number of para-hydroxylation sites is 1. The second-order valence-corrected chi connectivity index (χ2v) is 3.95. The molecule has 14 heavy (non-hydrogen) atoms. The molecule has 2 aromatic rings. The number of nitrogens with zero attached hydrogens (tertiary/aromatic N) is 1. The quantitative estimate of drug-likeness (QED) is 0.767. The van der Waals surface area contributed by atoms with Crippen LogP contribution in [0.4, 0.5) is 0 Å². The molecule has 0 aliphatic carbocycles. The van der Waals surface area contributed by atoms with Crippen molar-refractivity contribution in [3.63, 3.8) is 0 Å². The van der Waals surface area contributed by atoms with Gasteiger partial charge in [0.25, 0.3) is 0 Å². The van der Waals surface area contributed by atoms with Crippen molar-refractivity contribution < 1.29 is 0 Å². The number of aromatic amines is 1. The van der Waals surface area contributed by atoms with Crippen LogP contribution in [0.5, 0.6) is 0 Å². The van der Waals surface area contributed by atoms with Gasteiger partial charge in [-0.25, -0.2) is 0 Å². The average molecular weight is 188 g/mol. The van der Waals surface area contributed by atoms with Crippen LogP contribution < -0.4 is 0 Å². The monoisotopic (exact) mass is 188 g/mol. The normalized spacial score (nSPS) is 13.7. The average Bonchev–Trinajstić information content (AvgIpc) is 2.59. The van der Waals surface area contributed by atoms with Crippen LogP contribution in [0.25, 0.3) is 10.9 Å². The van der Waals surface area contributed by atoms with E-state index >= 15 is 0 Å². The first-order valence-corrected chi connectivity index (χ1v) is 4.92. The highest BCUT2D eigenvalue weighted by Gasteiger charge is 2.09. The Kier molecular flexibility index (Phi) is 2.30. The molecule has 0 aliphatic heterocycles. The Balaban J connectivity index is 2.45. The fourth-order valence-electron chi connectivity index (χ4n) is 1.60. The second kappa shape index (κ2) is 3.46. The van der Waals surface area contributed by atoms with Crippen molar-refractivity contribution in [2.75, 3.05) is 14.1 Å². The molecule has 0 amide bonds. The summed E-state index contributed by atoms with van der Waals surface area (Å²) >= 11 is 0. The molecule has 1 heterocycles. The van der Waals surface area contributed by atoms with E-state index < -0.39 is 0 Å². The first-order chi connectivity index (χ1) is 6.68. The van der Waals surface area contributed by atoms with Crippen LogP contribution in [0.3, 0.4) is 0 Å². The number of H-pyrrole nitrogens is 1. The lowest BCUT2D eigenvalue weighted by atomic mass is 10.2. The molecule has 1 aromatic carbocycles. The minimum absolute atomic E-state index is 0.433. The molecule has 0 radical (unpaired) electrons. The summed E-state index contributed by atoms with van der Waals surface area (Å²) < 4.78 is 0. The van der Waals surface area contributed by atoms with Crippen LogP contribution in [-0.4, -0.2) is 24.0 Å². The summed E-state index contributed by atoms with van der Waals surface area (Å²) in [7, 11) is 4.19. The number of hydrogen-bond donors (Lipinski definition) is 1. The van der Waals surface area contributed by atoms with Crippen LogP contribution in [-0.2, 0) is 0 Å². The van der Waals surface area contributed by atoms with E-state index in [2.05, 4.69) is 61.2 Å². The van der Waals surface area contributed by atoms with Gasteiger partial charge in [0.15, 0.2) is 0 Å². The molecule has 74 valence electrons. The van der Waals surface area contributed by atoms with Crippen LogP contribution in [0, 0.1) is 0 Å². The maximum Gasteiger partial charge on any atom is 0.0464 e.